The van der Waals surface area contributed by atoms with Crippen LogP contribution in [0.1, 0.15) is 37.3 Å². The molecule has 72 valence electrons. The maximum atomic E-state index is 10.4. The van der Waals surface area contributed by atoms with Gasteiger partial charge in [-0.25, -0.2) is 0 Å². The lowest BCUT2D eigenvalue weighted by molar-refractivity contribution is 0.00785. The van der Waals surface area contributed by atoms with E-state index in [4.69, 9.17) is 4.42 Å². The summed E-state index contributed by atoms with van der Waals surface area (Å²) in [6.07, 6.45) is 6.47. The molecule has 2 nitrogen and oxygen atoms in total. The van der Waals surface area contributed by atoms with Crippen molar-refractivity contribution >= 4 is 0 Å². The highest BCUT2D eigenvalue weighted by Gasteiger charge is 2.44. The second kappa shape index (κ2) is 2.88. The lowest BCUT2D eigenvalue weighted by atomic mass is 9.86. The molecule has 1 fully saturated rings. The fourth-order valence-corrected chi connectivity index (χ4v) is 2.06. The third kappa shape index (κ3) is 1.29. The number of hydrogen-bond donors (Lipinski definition) is 1. The summed E-state index contributed by atoms with van der Waals surface area (Å²) in [5.41, 5.74) is 1.42. The van der Waals surface area contributed by atoms with Crippen molar-refractivity contribution in [2.75, 3.05) is 0 Å². The van der Waals surface area contributed by atoms with Crippen molar-refractivity contribution in [1.29, 1.82) is 0 Å². The predicted octanol–water partition coefficient (Wildman–Crippen LogP) is 2.60. The van der Waals surface area contributed by atoms with Gasteiger partial charge in [-0.15, -0.1) is 0 Å². The average molecular weight is 180 g/mol. The summed E-state index contributed by atoms with van der Waals surface area (Å²) in [6, 6.07) is 0. The molecule has 1 unspecified atom stereocenters. The first kappa shape index (κ1) is 8.82. The standard InChI is InChI=1S/C11H16O2/c1-3-11(12,9-4-5-9)10-7-13-6-8(10)2/h6-7,9,12H,3-5H2,1-2H3. The van der Waals surface area contributed by atoms with Gasteiger partial charge in [-0.05, 0) is 37.7 Å². The van der Waals surface area contributed by atoms with E-state index < -0.39 is 5.60 Å². The molecule has 1 aromatic heterocycles. The molecular weight excluding hydrogens is 164 g/mol. The predicted molar refractivity (Wildman–Crippen MR) is 50.4 cm³/mol. The Morgan fingerprint density at radius 1 is 1.54 bits per heavy atom. The van der Waals surface area contributed by atoms with Crippen molar-refractivity contribution in [1.82, 2.24) is 0 Å². The van der Waals surface area contributed by atoms with Crippen LogP contribution in [0.15, 0.2) is 16.9 Å². The van der Waals surface area contributed by atoms with Crippen LogP contribution in [0.2, 0.25) is 0 Å². The molecule has 0 bridgehead atoms. The van der Waals surface area contributed by atoms with Gasteiger partial charge in [-0.1, -0.05) is 6.92 Å². The Hall–Kier alpha value is -0.760. The third-order valence-corrected chi connectivity index (χ3v) is 3.11. The fourth-order valence-electron chi connectivity index (χ4n) is 2.06. The van der Waals surface area contributed by atoms with E-state index in [9.17, 15) is 5.11 Å². The van der Waals surface area contributed by atoms with E-state index in [2.05, 4.69) is 0 Å². The minimum atomic E-state index is -0.628. The number of rotatable bonds is 3. The largest absolute Gasteiger partial charge is 0.472 e. The fraction of sp³-hybridized carbons (Fsp3) is 0.636. The summed E-state index contributed by atoms with van der Waals surface area (Å²) in [5, 5.41) is 10.4. The quantitative estimate of drug-likeness (QED) is 0.775. The zero-order valence-electron chi connectivity index (χ0n) is 8.21. The lowest BCUT2D eigenvalue weighted by Gasteiger charge is -2.26. The minimum absolute atomic E-state index is 0.453. The Bertz CT molecular complexity index is 299. The summed E-state index contributed by atoms with van der Waals surface area (Å²) in [4.78, 5) is 0. The number of hydrogen-bond acceptors (Lipinski definition) is 2. The van der Waals surface area contributed by atoms with Gasteiger partial charge in [-0.2, -0.15) is 0 Å². The maximum absolute atomic E-state index is 10.4. The van der Waals surface area contributed by atoms with Gasteiger partial charge in [-0.3, -0.25) is 0 Å². The molecule has 1 saturated carbocycles. The number of aliphatic hydroxyl groups is 1. The molecule has 1 N–H and O–H groups in total. The molecule has 0 saturated heterocycles. The molecule has 1 heterocycles. The average Bonchev–Trinajstić information content (AvgIpc) is 2.89. The molecule has 13 heavy (non-hydrogen) atoms. The van der Waals surface area contributed by atoms with Crippen molar-refractivity contribution in [3.8, 4) is 0 Å². The van der Waals surface area contributed by atoms with Gasteiger partial charge in [0.25, 0.3) is 0 Å². The highest BCUT2D eigenvalue weighted by molar-refractivity contribution is 5.28. The Labute approximate surface area is 78.6 Å². The molecule has 2 rings (SSSR count). The van der Waals surface area contributed by atoms with Crippen LogP contribution in [-0.2, 0) is 5.60 Å². The van der Waals surface area contributed by atoms with E-state index in [1.165, 1.54) is 0 Å². The van der Waals surface area contributed by atoms with Crippen LogP contribution in [-0.4, -0.2) is 5.11 Å². The van der Waals surface area contributed by atoms with Crippen molar-refractivity contribution < 1.29 is 9.52 Å². The van der Waals surface area contributed by atoms with Gasteiger partial charge < -0.3 is 9.52 Å². The van der Waals surface area contributed by atoms with Gasteiger partial charge in [0.2, 0.25) is 0 Å². The Morgan fingerprint density at radius 3 is 2.62 bits per heavy atom. The molecule has 1 aliphatic carbocycles. The third-order valence-electron chi connectivity index (χ3n) is 3.11. The molecule has 0 spiro atoms. The zero-order valence-corrected chi connectivity index (χ0v) is 8.21. The first-order chi connectivity index (χ1) is 6.18. The SMILES string of the molecule is CCC(O)(c1cocc1C)C1CC1. The lowest BCUT2D eigenvalue weighted by Crippen LogP contribution is -2.27. The van der Waals surface area contributed by atoms with Crippen LogP contribution in [0.5, 0.6) is 0 Å². The molecular formula is C11H16O2. The first-order valence-electron chi connectivity index (χ1n) is 4.94. The van der Waals surface area contributed by atoms with E-state index >= 15 is 0 Å². The van der Waals surface area contributed by atoms with Crippen LogP contribution < -0.4 is 0 Å². The van der Waals surface area contributed by atoms with Gasteiger partial charge in [0.05, 0.1) is 18.1 Å². The van der Waals surface area contributed by atoms with Gasteiger partial charge in [0.1, 0.15) is 0 Å². The van der Waals surface area contributed by atoms with E-state index in [1.807, 2.05) is 13.8 Å². The highest BCUT2D eigenvalue weighted by Crippen LogP contribution is 2.48. The number of aryl methyl sites for hydroxylation is 1. The molecule has 0 amide bonds. The first-order valence-corrected chi connectivity index (χ1v) is 4.94. The smallest absolute Gasteiger partial charge is 0.0966 e. The van der Waals surface area contributed by atoms with Crippen LogP contribution in [0.25, 0.3) is 0 Å². The molecule has 0 radical (unpaired) electrons. The van der Waals surface area contributed by atoms with E-state index in [-0.39, 0.29) is 0 Å². The summed E-state index contributed by atoms with van der Waals surface area (Å²) in [7, 11) is 0. The molecule has 2 heteroatoms. The topological polar surface area (TPSA) is 33.4 Å². The highest BCUT2D eigenvalue weighted by atomic mass is 16.3. The Kier molecular flexibility index (Phi) is 1.95. The molecule has 1 aromatic rings. The maximum Gasteiger partial charge on any atom is 0.0966 e. The molecule has 0 aromatic carbocycles. The summed E-state index contributed by atoms with van der Waals surface area (Å²) in [6.45, 7) is 4.02. The van der Waals surface area contributed by atoms with E-state index in [0.29, 0.717) is 5.92 Å². The summed E-state index contributed by atoms with van der Waals surface area (Å²) >= 11 is 0. The van der Waals surface area contributed by atoms with Crippen molar-refractivity contribution in [2.45, 2.75) is 38.7 Å². The number of furan rings is 1. The Morgan fingerprint density at radius 2 is 2.23 bits per heavy atom. The van der Waals surface area contributed by atoms with Crippen molar-refractivity contribution in [2.24, 2.45) is 5.92 Å². The van der Waals surface area contributed by atoms with Crippen LogP contribution >= 0.6 is 0 Å². The van der Waals surface area contributed by atoms with E-state index in [0.717, 1.165) is 30.4 Å². The second-order valence-electron chi connectivity index (χ2n) is 4.02. The van der Waals surface area contributed by atoms with Gasteiger partial charge in [0.15, 0.2) is 0 Å². The minimum Gasteiger partial charge on any atom is -0.472 e. The van der Waals surface area contributed by atoms with Gasteiger partial charge >= 0.3 is 0 Å². The zero-order chi connectivity index (χ0) is 9.47. The molecule has 1 aliphatic rings. The Balaban J connectivity index is 2.35. The molecule has 1 atom stereocenters. The van der Waals surface area contributed by atoms with E-state index in [1.54, 1.807) is 12.5 Å². The van der Waals surface area contributed by atoms with Crippen molar-refractivity contribution in [3.63, 3.8) is 0 Å². The summed E-state index contributed by atoms with van der Waals surface area (Å²) in [5.74, 6) is 0.453. The normalized spacial score (nSPS) is 21.5. The second-order valence-corrected chi connectivity index (χ2v) is 4.02. The van der Waals surface area contributed by atoms with Crippen molar-refractivity contribution in [3.05, 3.63) is 23.7 Å². The van der Waals surface area contributed by atoms with Crippen LogP contribution in [0.4, 0.5) is 0 Å². The monoisotopic (exact) mass is 180 g/mol. The molecule has 0 aliphatic heterocycles. The summed E-state index contributed by atoms with van der Waals surface area (Å²) < 4.78 is 5.11. The van der Waals surface area contributed by atoms with Crippen LogP contribution in [0.3, 0.4) is 0 Å². The van der Waals surface area contributed by atoms with Gasteiger partial charge in [0, 0.05) is 5.56 Å². The van der Waals surface area contributed by atoms with Crippen LogP contribution in [0, 0.1) is 12.8 Å².